The van der Waals surface area contributed by atoms with E-state index >= 15 is 0 Å². The average Bonchev–Trinajstić information content (AvgIpc) is 2.67. The van der Waals surface area contributed by atoms with Crippen molar-refractivity contribution in [2.24, 2.45) is 10.7 Å². The number of carbonyl (C=O) groups excluding carboxylic acids is 1. The first-order valence-corrected chi connectivity index (χ1v) is 9.21. The highest BCUT2D eigenvalue weighted by Gasteiger charge is 2.60. The third-order valence-corrected chi connectivity index (χ3v) is 5.32. The van der Waals surface area contributed by atoms with E-state index in [1.54, 1.807) is 6.92 Å². The van der Waals surface area contributed by atoms with Gasteiger partial charge in [0.05, 0.1) is 12.0 Å². The van der Waals surface area contributed by atoms with Crippen molar-refractivity contribution >= 4 is 17.4 Å². The molecular formula is C21H19F4N5O. The number of rotatable bonds is 3. The summed E-state index contributed by atoms with van der Waals surface area (Å²) in [6.45, 7) is 3.43. The summed E-state index contributed by atoms with van der Waals surface area (Å²) in [6, 6.07) is 6.47. The third kappa shape index (κ3) is 3.83. The van der Waals surface area contributed by atoms with Crippen LogP contribution in [0.5, 0.6) is 0 Å². The highest BCUT2D eigenvalue weighted by molar-refractivity contribution is 6.04. The Balaban J connectivity index is 2.00. The molecule has 1 amide bonds. The molecule has 0 aliphatic carbocycles. The third-order valence-electron chi connectivity index (χ3n) is 5.32. The number of amides is 1. The first-order chi connectivity index (χ1) is 14.3. The van der Waals surface area contributed by atoms with Crippen molar-refractivity contribution in [1.82, 2.24) is 4.98 Å². The monoisotopic (exact) mass is 433 g/mol. The molecule has 0 spiro atoms. The topological polar surface area (TPSA) is 104 Å². The van der Waals surface area contributed by atoms with Crippen LogP contribution >= 0.6 is 0 Å². The van der Waals surface area contributed by atoms with Crippen LogP contribution in [0.3, 0.4) is 0 Å². The maximum Gasteiger partial charge on any atom is 0.280 e. The van der Waals surface area contributed by atoms with Gasteiger partial charge in [0.1, 0.15) is 23.4 Å². The van der Waals surface area contributed by atoms with E-state index in [2.05, 4.69) is 15.3 Å². The van der Waals surface area contributed by atoms with Gasteiger partial charge in [-0.1, -0.05) is 0 Å². The van der Waals surface area contributed by atoms with Crippen LogP contribution in [-0.2, 0) is 5.54 Å². The minimum atomic E-state index is -3.76. The number of benzene rings is 1. The predicted molar refractivity (Wildman–Crippen MR) is 106 cm³/mol. The lowest BCUT2D eigenvalue weighted by molar-refractivity contribution is -0.106. The molecule has 0 unspecified atom stereocenters. The Kier molecular flexibility index (Phi) is 5.26. The maximum absolute atomic E-state index is 14.9. The molecule has 3 N–H and O–H groups in total. The molecule has 3 rings (SSSR count). The van der Waals surface area contributed by atoms with Crippen molar-refractivity contribution in [1.29, 1.82) is 5.26 Å². The van der Waals surface area contributed by atoms with Gasteiger partial charge < -0.3 is 11.1 Å². The first-order valence-electron chi connectivity index (χ1n) is 9.21. The van der Waals surface area contributed by atoms with Crippen LogP contribution in [0, 0.1) is 24.1 Å². The number of hydrogen-bond acceptors (Lipinski definition) is 5. The lowest BCUT2D eigenvalue weighted by atomic mass is 9.77. The van der Waals surface area contributed by atoms with Crippen molar-refractivity contribution in [3.05, 3.63) is 58.7 Å². The Hall–Kier alpha value is -3.48. The number of halogens is 4. The fraction of sp³-hybridized carbons (Fsp3) is 0.333. The summed E-state index contributed by atoms with van der Waals surface area (Å²) in [4.78, 5) is 20.1. The lowest BCUT2D eigenvalue weighted by Crippen LogP contribution is -2.56. The largest absolute Gasteiger partial charge is 0.385 e. The molecule has 2 aromatic rings. The quantitative estimate of drug-likeness (QED) is 0.714. The van der Waals surface area contributed by atoms with Crippen LogP contribution in [0.1, 0.15) is 47.4 Å². The molecule has 0 saturated carbocycles. The average molecular weight is 433 g/mol. The van der Waals surface area contributed by atoms with Gasteiger partial charge in [-0.25, -0.2) is 22.5 Å². The highest BCUT2D eigenvalue weighted by Crippen LogP contribution is 2.50. The fourth-order valence-corrected chi connectivity index (χ4v) is 3.42. The van der Waals surface area contributed by atoms with E-state index < -0.39 is 46.7 Å². The van der Waals surface area contributed by atoms with Crippen LogP contribution < -0.4 is 11.1 Å². The molecular weight excluding hydrogens is 414 g/mol. The molecule has 1 aliphatic rings. The number of aliphatic imine (C=N–C) groups is 1. The van der Waals surface area contributed by atoms with E-state index in [4.69, 9.17) is 11.0 Å². The number of alkyl halides is 3. The second kappa shape index (κ2) is 7.34. The van der Waals surface area contributed by atoms with E-state index in [0.29, 0.717) is 5.56 Å². The molecule has 0 radical (unpaired) electrons. The zero-order valence-electron chi connectivity index (χ0n) is 16.9. The van der Waals surface area contributed by atoms with Gasteiger partial charge in [0.25, 0.3) is 11.8 Å². The van der Waals surface area contributed by atoms with Gasteiger partial charge in [0.15, 0.2) is 11.2 Å². The molecule has 1 aromatic carbocycles. The van der Waals surface area contributed by atoms with Crippen molar-refractivity contribution < 1.29 is 22.4 Å². The summed E-state index contributed by atoms with van der Waals surface area (Å²) in [7, 11) is 0. The highest BCUT2D eigenvalue weighted by atomic mass is 19.3. The van der Waals surface area contributed by atoms with Gasteiger partial charge in [-0.3, -0.25) is 9.79 Å². The number of nitrogens with one attached hydrogen (secondary N) is 1. The van der Waals surface area contributed by atoms with Crippen LogP contribution in [0.15, 0.2) is 35.5 Å². The Labute approximate surface area is 175 Å². The summed E-state index contributed by atoms with van der Waals surface area (Å²) < 4.78 is 58.7. The van der Waals surface area contributed by atoms with Crippen LogP contribution in [0.2, 0.25) is 0 Å². The van der Waals surface area contributed by atoms with Crippen LogP contribution in [0.4, 0.5) is 23.2 Å². The molecule has 31 heavy (non-hydrogen) atoms. The number of hydrogen-bond donors (Lipinski definition) is 2. The van der Waals surface area contributed by atoms with Gasteiger partial charge in [-0.05, 0) is 50.6 Å². The van der Waals surface area contributed by atoms with Gasteiger partial charge in [0.2, 0.25) is 0 Å². The Morgan fingerprint density at radius 1 is 1.26 bits per heavy atom. The van der Waals surface area contributed by atoms with Crippen molar-refractivity contribution in [3.63, 3.8) is 0 Å². The molecule has 0 fully saturated rings. The second-order valence-electron chi connectivity index (χ2n) is 7.80. The van der Waals surface area contributed by atoms with E-state index in [0.717, 1.165) is 26.0 Å². The van der Waals surface area contributed by atoms with Gasteiger partial charge >= 0.3 is 0 Å². The van der Waals surface area contributed by atoms with Crippen LogP contribution in [0.25, 0.3) is 0 Å². The summed E-state index contributed by atoms with van der Waals surface area (Å²) >= 11 is 0. The Bertz CT molecular complexity index is 1140. The van der Waals surface area contributed by atoms with E-state index in [9.17, 15) is 22.4 Å². The molecule has 162 valence electrons. The minimum Gasteiger partial charge on any atom is -0.385 e. The molecule has 6 nitrogen and oxygen atoms in total. The molecule has 2 heterocycles. The zero-order valence-corrected chi connectivity index (χ0v) is 16.9. The molecule has 2 atom stereocenters. The molecule has 1 aliphatic heterocycles. The van der Waals surface area contributed by atoms with E-state index in [1.165, 1.54) is 18.3 Å². The summed E-state index contributed by atoms with van der Waals surface area (Å²) in [5.74, 6) is -6.10. The molecule has 0 bridgehead atoms. The van der Waals surface area contributed by atoms with E-state index in [-0.39, 0.29) is 16.9 Å². The molecule has 10 heteroatoms. The van der Waals surface area contributed by atoms with Crippen LogP contribution in [-0.4, -0.2) is 28.3 Å². The van der Waals surface area contributed by atoms with E-state index in [1.807, 2.05) is 6.07 Å². The van der Waals surface area contributed by atoms with Gasteiger partial charge in [-0.2, -0.15) is 5.26 Å². The normalized spacial score (nSPS) is 24.8. The van der Waals surface area contributed by atoms with Crippen molar-refractivity contribution in [2.75, 3.05) is 5.32 Å². The Morgan fingerprint density at radius 3 is 2.55 bits per heavy atom. The smallest absolute Gasteiger partial charge is 0.280 e. The standard InChI is InChI=1S/C21H19F4N5O/c1-11-6-12(8-26)9-28-16(11)17(31)29-13-4-5-15(22)14(7-13)20(3)21(24,25)10-19(2,23)18(27)30-20/h4-7,9H,10H2,1-3H3,(H2,27,30)(H,29,31)/t19-,20+/m0/s1. The number of amidine groups is 1. The lowest BCUT2D eigenvalue weighted by Gasteiger charge is -2.42. The van der Waals surface area contributed by atoms with Gasteiger partial charge in [-0.15, -0.1) is 0 Å². The van der Waals surface area contributed by atoms with Crippen molar-refractivity contribution in [2.45, 2.75) is 44.3 Å². The Morgan fingerprint density at radius 2 is 1.94 bits per heavy atom. The number of pyridine rings is 1. The maximum atomic E-state index is 14.9. The number of nitrogens with zero attached hydrogens (tertiary/aromatic N) is 3. The number of anilines is 1. The number of nitrogens with two attached hydrogens (primary N) is 1. The second-order valence-corrected chi connectivity index (χ2v) is 7.80. The summed E-state index contributed by atoms with van der Waals surface area (Å²) in [5.41, 5.74) is 0.693. The number of aryl methyl sites for hydroxylation is 1. The number of carbonyl (C=O) groups is 1. The summed E-state index contributed by atoms with van der Waals surface area (Å²) in [6.07, 6.45) is -0.0523. The molecule has 0 saturated heterocycles. The zero-order chi connectivity index (χ0) is 23.2. The summed E-state index contributed by atoms with van der Waals surface area (Å²) in [5, 5.41) is 11.4. The SMILES string of the molecule is Cc1cc(C#N)cnc1C(=O)Nc1ccc(F)c([C@@]2(C)N=C(N)[C@@](C)(F)CC2(F)F)c1. The first kappa shape index (κ1) is 22.2. The predicted octanol–water partition coefficient (Wildman–Crippen LogP) is 3.99. The number of nitriles is 1. The van der Waals surface area contributed by atoms with Gasteiger partial charge in [0, 0.05) is 17.4 Å². The van der Waals surface area contributed by atoms with Crippen molar-refractivity contribution in [3.8, 4) is 6.07 Å². The number of aromatic nitrogens is 1. The fourth-order valence-electron chi connectivity index (χ4n) is 3.42. The molecule has 1 aromatic heterocycles. The minimum absolute atomic E-state index is 0.00587.